The Morgan fingerprint density at radius 1 is 1.39 bits per heavy atom. The molecule has 8 heteroatoms. The number of nitrogens with zero attached hydrogens (tertiary/aromatic N) is 1. The monoisotopic (exact) mass is 258 g/mol. The zero-order valence-electron chi connectivity index (χ0n) is 10.2. The molecular formula is C10H18N4O4. The molecule has 1 heterocycles. The predicted molar refractivity (Wildman–Crippen MR) is 62.7 cm³/mol. The van der Waals surface area contributed by atoms with Gasteiger partial charge in [-0.25, -0.2) is 0 Å². The molecule has 6 N–H and O–H groups in total. The number of amides is 2. The number of oxime groups is 1. The molecule has 0 saturated carbocycles. The van der Waals surface area contributed by atoms with Crippen molar-refractivity contribution in [3.8, 4) is 0 Å². The third kappa shape index (κ3) is 2.70. The van der Waals surface area contributed by atoms with Crippen molar-refractivity contribution in [2.45, 2.75) is 25.8 Å². The Bertz CT molecular complexity index is 363. The van der Waals surface area contributed by atoms with Gasteiger partial charge >= 0.3 is 0 Å². The van der Waals surface area contributed by atoms with Crippen molar-refractivity contribution in [3.05, 3.63) is 0 Å². The Morgan fingerprint density at radius 2 is 1.94 bits per heavy atom. The Labute approximate surface area is 104 Å². The molecule has 0 aromatic carbocycles. The molecule has 1 saturated heterocycles. The first-order chi connectivity index (χ1) is 8.44. The number of nitrogens with one attached hydrogen (secondary N) is 1. The van der Waals surface area contributed by atoms with Crippen LogP contribution in [0.5, 0.6) is 0 Å². The molecule has 0 bridgehead atoms. The van der Waals surface area contributed by atoms with E-state index in [1.165, 1.54) is 6.92 Å². The average molecular weight is 258 g/mol. The first-order valence-electron chi connectivity index (χ1n) is 5.60. The minimum atomic E-state index is -1.14. The molecule has 1 unspecified atom stereocenters. The van der Waals surface area contributed by atoms with Gasteiger partial charge in [0.1, 0.15) is 11.5 Å². The third-order valence-corrected chi connectivity index (χ3v) is 3.15. The van der Waals surface area contributed by atoms with E-state index in [-0.39, 0.29) is 5.84 Å². The van der Waals surface area contributed by atoms with Crippen molar-refractivity contribution in [1.82, 2.24) is 5.32 Å². The van der Waals surface area contributed by atoms with Gasteiger partial charge in [-0.3, -0.25) is 9.59 Å². The van der Waals surface area contributed by atoms with E-state index < -0.39 is 23.3 Å². The van der Waals surface area contributed by atoms with Crippen LogP contribution >= 0.6 is 0 Å². The summed E-state index contributed by atoms with van der Waals surface area (Å²) in [5, 5.41) is 14.2. The quantitative estimate of drug-likeness (QED) is 0.211. The maximum Gasteiger partial charge on any atom is 0.239 e. The van der Waals surface area contributed by atoms with Crippen LogP contribution in [0, 0.1) is 5.41 Å². The molecule has 2 amide bonds. The lowest BCUT2D eigenvalue weighted by molar-refractivity contribution is -0.134. The van der Waals surface area contributed by atoms with Gasteiger partial charge in [-0.2, -0.15) is 0 Å². The van der Waals surface area contributed by atoms with Crippen molar-refractivity contribution in [3.63, 3.8) is 0 Å². The Hall–Kier alpha value is -1.83. The van der Waals surface area contributed by atoms with Gasteiger partial charge in [-0.1, -0.05) is 5.16 Å². The molecule has 8 nitrogen and oxygen atoms in total. The van der Waals surface area contributed by atoms with Crippen molar-refractivity contribution in [2.24, 2.45) is 22.0 Å². The summed E-state index contributed by atoms with van der Waals surface area (Å²) >= 11 is 0. The van der Waals surface area contributed by atoms with Crippen LogP contribution in [-0.2, 0) is 14.3 Å². The van der Waals surface area contributed by atoms with Gasteiger partial charge in [0.15, 0.2) is 5.84 Å². The fraction of sp³-hybridized carbons (Fsp3) is 0.700. The van der Waals surface area contributed by atoms with E-state index in [0.717, 1.165) is 0 Å². The van der Waals surface area contributed by atoms with Crippen LogP contribution in [0.4, 0.5) is 0 Å². The summed E-state index contributed by atoms with van der Waals surface area (Å²) in [7, 11) is 0. The van der Waals surface area contributed by atoms with Crippen LogP contribution in [0.25, 0.3) is 0 Å². The second-order valence-electron chi connectivity index (χ2n) is 4.28. The zero-order valence-corrected chi connectivity index (χ0v) is 10.2. The third-order valence-electron chi connectivity index (χ3n) is 3.15. The van der Waals surface area contributed by atoms with Crippen molar-refractivity contribution in [2.75, 3.05) is 13.2 Å². The molecule has 102 valence electrons. The average Bonchev–Trinajstić information content (AvgIpc) is 2.38. The molecule has 0 radical (unpaired) electrons. The molecule has 1 fully saturated rings. The molecule has 1 aliphatic heterocycles. The molecule has 0 aromatic heterocycles. The standard InChI is InChI=1S/C10H18N4O4/c1-6(7(11)15)13-9(16)10(8(12)14-17)2-4-18-5-3-10/h6,17H,2-5H2,1H3,(H2,11,15)(H2,12,14)(H,13,16). The van der Waals surface area contributed by atoms with Gasteiger partial charge in [0.25, 0.3) is 0 Å². The summed E-state index contributed by atoms with van der Waals surface area (Å²) in [6, 6.07) is -0.816. The molecule has 1 atom stereocenters. The molecule has 0 spiro atoms. The summed E-state index contributed by atoms with van der Waals surface area (Å²) in [6.07, 6.45) is 0.584. The van der Waals surface area contributed by atoms with E-state index in [1.54, 1.807) is 0 Å². The SMILES string of the molecule is CC(NC(=O)C1(C(N)=NO)CCOCC1)C(N)=O. The van der Waals surface area contributed by atoms with Crippen LogP contribution < -0.4 is 16.8 Å². The molecule has 0 aromatic rings. The molecule has 1 aliphatic rings. The fourth-order valence-corrected chi connectivity index (χ4v) is 1.82. The predicted octanol–water partition coefficient (Wildman–Crippen LogP) is -1.48. The van der Waals surface area contributed by atoms with Crippen LogP contribution in [0.2, 0.25) is 0 Å². The van der Waals surface area contributed by atoms with Gasteiger partial charge in [0.2, 0.25) is 11.8 Å². The molecule has 18 heavy (non-hydrogen) atoms. The number of ether oxygens (including phenoxy) is 1. The van der Waals surface area contributed by atoms with Gasteiger partial charge in [-0.05, 0) is 19.8 Å². The Kier molecular flexibility index (Phi) is 4.49. The smallest absolute Gasteiger partial charge is 0.239 e. The number of hydrogen-bond acceptors (Lipinski definition) is 5. The normalized spacial score (nSPS) is 21.1. The number of amidine groups is 1. The van der Waals surface area contributed by atoms with Crippen LogP contribution in [0.15, 0.2) is 5.16 Å². The van der Waals surface area contributed by atoms with Crippen molar-refractivity contribution < 1.29 is 19.5 Å². The highest BCUT2D eigenvalue weighted by Crippen LogP contribution is 2.31. The zero-order chi connectivity index (χ0) is 13.8. The Balaban J connectivity index is 2.90. The highest BCUT2D eigenvalue weighted by atomic mass is 16.5. The number of rotatable bonds is 4. The first kappa shape index (κ1) is 14.2. The number of hydrogen-bond donors (Lipinski definition) is 4. The lowest BCUT2D eigenvalue weighted by Gasteiger charge is -2.34. The molecule has 0 aliphatic carbocycles. The Morgan fingerprint density at radius 3 is 2.39 bits per heavy atom. The molecule has 1 rings (SSSR count). The highest BCUT2D eigenvalue weighted by molar-refractivity contribution is 6.07. The van der Waals surface area contributed by atoms with E-state index in [4.69, 9.17) is 21.4 Å². The van der Waals surface area contributed by atoms with Gasteiger partial charge in [-0.15, -0.1) is 0 Å². The highest BCUT2D eigenvalue weighted by Gasteiger charge is 2.45. The minimum absolute atomic E-state index is 0.181. The molecular weight excluding hydrogens is 240 g/mol. The van der Waals surface area contributed by atoms with Gasteiger partial charge in [0, 0.05) is 13.2 Å². The van der Waals surface area contributed by atoms with E-state index in [9.17, 15) is 9.59 Å². The lowest BCUT2D eigenvalue weighted by atomic mass is 9.78. The summed E-state index contributed by atoms with van der Waals surface area (Å²) < 4.78 is 5.16. The largest absolute Gasteiger partial charge is 0.409 e. The van der Waals surface area contributed by atoms with Crippen LogP contribution in [0.3, 0.4) is 0 Å². The van der Waals surface area contributed by atoms with Crippen molar-refractivity contribution >= 4 is 17.6 Å². The van der Waals surface area contributed by atoms with E-state index >= 15 is 0 Å². The van der Waals surface area contributed by atoms with E-state index in [0.29, 0.717) is 26.1 Å². The van der Waals surface area contributed by atoms with Gasteiger partial charge in [0.05, 0.1) is 0 Å². The number of nitrogens with two attached hydrogens (primary N) is 2. The van der Waals surface area contributed by atoms with Crippen LogP contribution in [0.1, 0.15) is 19.8 Å². The number of carbonyl (C=O) groups excluding carboxylic acids is 2. The van der Waals surface area contributed by atoms with Crippen molar-refractivity contribution in [1.29, 1.82) is 0 Å². The second kappa shape index (κ2) is 5.67. The first-order valence-corrected chi connectivity index (χ1v) is 5.60. The van der Waals surface area contributed by atoms with E-state index in [1.807, 2.05) is 0 Å². The minimum Gasteiger partial charge on any atom is -0.409 e. The van der Waals surface area contributed by atoms with Crippen LogP contribution in [-0.4, -0.2) is 42.1 Å². The lowest BCUT2D eigenvalue weighted by Crippen LogP contribution is -2.56. The number of carbonyl (C=O) groups is 2. The van der Waals surface area contributed by atoms with E-state index in [2.05, 4.69) is 10.5 Å². The summed E-state index contributed by atoms with van der Waals surface area (Å²) in [5.74, 6) is -1.31. The summed E-state index contributed by atoms with van der Waals surface area (Å²) in [5.41, 5.74) is 9.54. The fourth-order valence-electron chi connectivity index (χ4n) is 1.82. The maximum atomic E-state index is 12.2. The summed E-state index contributed by atoms with van der Waals surface area (Å²) in [6.45, 7) is 2.13. The van der Waals surface area contributed by atoms with Gasteiger partial charge < -0.3 is 26.7 Å². The number of primary amides is 1. The topological polar surface area (TPSA) is 140 Å². The second-order valence-corrected chi connectivity index (χ2v) is 4.28. The summed E-state index contributed by atoms with van der Waals surface area (Å²) in [4.78, 5) is 23.1. The maximum absolute atomic E-state index is 12.2.